The summed E-state index contributed by atoms with van der Waals surface area (Å²) in [5, 5.41) is 9.26. The van der Waals surface area contributed by atoms with Gasteiger partial charge in [0.05, 0.1) is 27.7 Å². The quantitative estimate of drug-likeness (QED) is 0.186. The minimum atomic E-state index is 0.557. The lowest BCUT2D eigenvalue weighted by atomic mass is 10.0. The number of nitrogens with zero attached hydrogens (tertiary/aromatic N) is 4. The SMILES string of the molecule is Cc1cccc2c1c1cc3ccccc3cc1n2-c1ccc(-c2nc(-c3ccccc3)nc(-c3ccc4ccccc4c3)n2)c2oc3ccccc3c12. The standard InChI is InChI=1S/C48H30N4O/c1-29-12-11-20-39-43(29)38-27-33-17-7-8-18-34(33)28-41(38)52(39)40-25-24-37(45-44(40)36-19-9-10-21-42(36)53-45)48-50-46(31-14-3-2-4-15-31)49-47(51-48)35-23-22-30-13-5-6-16-32(30)26-35/h2-28H,1H3. The first-order valence-corrected chi connectivity index (χ1v) is 17.9. The first-order valence-electron chi connectivity index (χ1n) is 17.9. The smallest absolute Gasteiger partial charge is 0.167 e. The van der Waals surface area contributed by atoms with Crippen LogP contribution in [0.3, 0.4) is 0 Å². The maximum Gasteiger partial charge on any atom is 0.167 e. The molecule has 0 radical (unpaired) electrons. The molecule has 0 aliphatic carbocycles. The van der Waals surface area contributed by atoms with Crippen LogP contribution in [-0.2, 0) is 0 Å². The molecule has 3 aromatic heterocycles. The Labute approximate surface area is 304 Å². The molecule has 0 spiro atoms. The van der Waals surface area contributed by atoms with Crippen molar-refractivity contribution in [2.24, 2.45) is 0 Å². The van der Waals surface area contributed by atoms with Crippen LogP contribution in [0.5, 0.6) is 0 Å². The highest BCUT2D eigenvalue weighted by atomic mass is 16.3. The van der Waals surface area contributed by atoms with Crippen molar-refractivity contribution < 1.29 is 4.42 Å². The van der Waals surface area contributed by atoms with E-state index in [0.29, 0.717) is 17.5 Å². The highest BCUT2D eigenvalue weighted by Gasteiger charge is 2.23. The number of rotatable bonds is 4. The molecule has 0 aliphatic rings. The molecule has 5 nitrogen and oxygen atoms in total. The zero-order chi connectivity index (χ0) is 35.0. The molecular weight excluding hydrogens is 649 g/mol. The van der Waals surface area contributed by atoms with Crippen molar-refractivity contribution in [3.63, 3.8) is 0 Å². The Hall–Kier alpha value is -7.11. The summed E-state index contributed by atoms with van der Waals surface area (Å²) in [6.45, 7) is 2.20. The Balaban J connectivity index is 1.22. The fourth-order valence-electron chi connectivity index (χ4n) is 8.04. The van der Waals surface area contributed by atoms with Gasteiger partial charge in [0.15, 0.2) is 17.5 Å². The molecule has 0 aliphatic heterocycles. The van der Waals surface area contributed by atoms with Crippen molar-refractivity contribution in [2.45, 2.75) is 6.92 Å². The van der Waals surface area contributed by atoms with Crippen molar-refractivity contribution in [3.05, 3.63) is 169 Å². The Morgan fingerprint density at radius 1 is 0.453 bits per heavy atom. The fraction of sp³-hybridized carbons (Fsp3) is 0.0208. The number of furan rings is 1. The third-order valence-corrected chi connectivity index (χ3v) is 10.5. The van der Waals surface area contributed by atoms with E-state index >= 15 is 0 Å². The predicted octanol–water partition coefficient (Wildman–Crippen LogP) is 12.5. The summed E-state index contributed by atoms with van der Waals surface area (Å²) >= 11 is 0. The van der Waals surface area contributed by atoms with E-state index in [2.05, 4.69) is 133 Å². The Bertz CT molecular complexity index is 3250. The van der Waals surface area contributed by atoms with Crippen LogP contribution in [0, 0.1) is 6.92 Å². The van der Waals surface area contributed by atoms with Gasteiger partial charge < -0.3 is 8.98 Å². The Morgan fingerprint density at radius 2 is 1.13 bits per heavy atom. The predicted molar refractivity (Wildman–Crippen MR) is 218 cm³/mol. The fourth-order valence-corrected chi connectivity index (χ4v) is 8.04. The highest BCUT2D eigenvalue weighted by molar-refractivity contribution is 6.18. The first kappa shape index (κ1) is 29.6. The van der Waals surface area contributed by atoms with Gasteiger partial charge in [0.2, 0.25) is 0 Å². The molecule has 0 N–H and O–H groups in total. The van der Waals surface area contributed by atoms with Crippen LogP contribution in [0.1, 0.15) is 5.56 Å². The largest absolute Gasteiger partial charge is 0.455 e. The summed E-state index contributed by atoms with van der Waals surface area (Å²) in [5.41, 5.74) is 8.79. The number of benzene rings is 8. The summed E-state index contributed by atoms with van der Waals surface area (Å²) < 4.78 is 9.23. The summed E-state index contributed by atoms with van der Waals surface area (Å²) in [5.74, 6) is 1.77. The van der Waals surface area contributed by atoms with E-state index in [4.69, 9.17) is 19.4 Å². The Morgan fingerprint density at radius 3 is 1.96 bits per heavy atom. The molecule has 3 heterocycles. The van der Waals surface area contributed by atoms with E-state index in [1.54, 1.807) is 0 Å². The molecule has 248 valence electrons. The van der Waals surface area contributed by atoms with Gasteiger partial charge in [0.25, 0.3) is 0 Å². The molecule has 0 fully saturated rings. The average molecular weight is 679 g/mol. The zero-order valence-electron chi connectivity index (χ0n) is 28.8. The van der Waals surface area contributed by atoms with Crippen molar-refractivity contribution >= 4 is 65.3 Å². The molecule has 0 saturated carbocycles. The topological polar surface area (TPSA) is 56.7 Å². The molecule has 11 aromatic rings. The minimum absolute atomic E-state index is 0.557. The van der Waals surface area contributed by atoms with Crippen LogP contribution in [0.4, 0.5) is 0 Å². The third-order valence-electron chi connectivity index (χ3n) is 10.5. The van der Waals surface area contributed by atoms with E-state index in [-0.39, 0.29) is 0 Å². The van der Waals surface area contributed by atoms with Gasteiger partial charge >= 0.3 is 0 Å². The number of aryl methyl sites for hydroxylation is 1. The molecule has 53 heavy (non-hydrogen) atoms. The van der Waals surface area contributed by atoms with Crippen LogP contribution in [-0.4, -0.2) is 19.5 Å². The lowest BCUT2D eigenvalue weighted by molar-refractivity contribution is 0.669. The molecule has 0 saturated heterocycles. The molecule has 0 unspecified atom stereocenters. The normalized spacial score (nSPS) is 11.9. The highest BCUT2D eigenvalue weighted by Crippen LogP contribution is 2.43. The average Bonchev–Trinajstić information content (AvgIpc) is 3.76. The lowest BCUT2D eigenvalue weighted by Crippen LogP contribution is -2.01. The van der Waals surface area contributed by atoms with Crippen LogP contribution in [0.25, 0.3) is 105 Å². The maximum absolute atomic E-state index is 6.83. The van der Waals surface area contributed by atoms with E-state index in [0.717, 1.165) is 60.7 Å². The Kier molecular flexibility index (Phi) is 6.40. The van der Waals surface area contributed by atoms with Crippen molar-refractivity contribution in [1.29, 1.82) is 0 Å². The molecule has 5 heteroatoms. The number of hydrogen-bond acceptors (Lipinski definition) is 4. The molecule has 0 atom stereocenters. The van der Waals surface area contributed by atoms with Gasteiger partial charge in [0.1, 0.15) is 11.2 Å². The van der Waals surface area contributed by atoms with Crippen molar-refractivity contribution in [1.82, 2.24) is 19.5 Å². The second kappa shape index (κ2) is 11.5. The van der Waals surface area contributed by atoms with Crippen molar-refractivity contribution in [2.75, 3.05) is 0 Å². The zero-order valence-corrected chi connectivity index (χ0v) is 28.8. The number of aromatic nitrogens is 4. The summed E-state index contributed by atoms with van der Waals surface area (Å²) in [4.78, 5) is 15.3. The van der Waals surface area contributed by atoms with Gasteiger partial charge in [-0.15, -0.1) is 0 Å². The summed E-state index contributed by atoms with van der Waals surface area (Å²) in [7, 11) is 0. The number of hydrogen-bond donors (Lipinski definition) is 0. The molecular formula is C48H30N4O. The van der Waals surface area contributed by atoms with Crippen LogP contribution in [0.2, 0.25) is 0 Å². The van der Waals surface area contributed by atoms with Crippen molar-refractivity contribution in [3.8, 4) is 39.9 Å². The molecule has 0 bridgehead atoms. The second-order valence-electron chi connectivity index (χ2n) is 13.7. The number of para-hydroxylation sites is 1. The van der Waals surface area contributed by atoms with Gasteiger partial charge in [-0.1, -0.05) is 121 Å². The van der Waals surface area contributed by atoms with Gasteiger partial charge in [-0.25, -0.2) is 15.0 Å². The number of fused-ring (bicyclic) bond motifs is 8. The first-order chi connectivity index (χ1) is 26.2. The third kappa shape index (κ3) is 4.61. The van der Waals surface area contributed by atoms with E-state index < -0.39 is 0 Å². The van der Waals surface area contributed by atoms with Gasteiger partial charge in [-0.3, -0.25) is 0 Å². The van der Waals surface area contributed by atoms with E-state index in [1.165, 1.54) is 32.5 Å². The lowest BCUT2D eigenvalue weighted by Gasteiger charge is -2.13. The van der Waals surface area contributed by atoms with E-state index in [1.807, 2.05) is 42.5 Å². The van der Waals surface area contributed by atoms with Crippen LogP contribution in [0.15, 0.2) is 168 Å². The summed E-state index contributed by atoms with van der Waals surface area (Å²) in [6.07, 6.45) is 0. The van der Waals surface area contributed by atoms with Gasteiger partial charge in [-0.05, 0) is 76.5 Å². The van der Waals surface area contributed by atoms with Gasteiger partial charge in [0, 0.05) is 27.3 Å². The molecule has 8 aromatic carbocycles. The monoisotopic (exact) mass is 678 g/mol. The molecule has 11 rings (SSSR count). The minimum Gasteiger partial charge on any atom is -0.455 e. The second-order valence-corrected chi connectivity index (χ2v) is 13.7. The van der Waals surface area contributed by atoms with Crippen LogP contribution >= 0.6 is 0 Å². The maximum atomic E-state index is 6.83. The molecule has 0 amide bonds. The van der Waals surface area contributed by atoms with Crippen LogP contribution < -0.4 is 0 Å². The summed E-state index contributed by atoms with van der Waals surface area (Å²) in [6, 6.07) is 57.2. The van der Waals surface area contributed by atoms with Gasteiger partial charge in [-0.2, -0.15) is 0 Å². The van der Waals surface area contributed by atoms with E-state index in [9.17, 15) is 0 Å².